The van der Waals surface area contributed by atoms with Crippen LogP contribution in [-0.2, 0) is 0 Å². The van der Waals surface area contributed by atoms with Gasteiger partial charge >= 0.3 is 0 Å². The number of hydrogen-bond donors (Lipinski definition) is 0. The van der Waals surface area contributed by atoms with Crippen LogP contribution >= 0.6 is 23.2 Å². The van der Waals surface area contributed by atoms with Gasteiger partial charge in [-0.05, 0) is 66.7 Å². The molecule has 0 aliphatic rings. The molecule has 0 atom stereocenters. The van der Waals surface area contributed by atoms with E-state index in [0.29, 0.717) is 38.5 Å². The summed E-state index contributed by atoms with van der Waals surface area (Å²) in [6.45, 7) is 0. The van der Waals surface area contributed by atoms with Crippen LogP contribution in [0.4, 0.5) is 5.69 Å². The summed E-state index contributed by atoms with van der Waals surface area (Å²) in [6, 6.07) is 17.6. The molecule has 0 amide bonds. The number of ketones is 1. The van der Waals surface area contributed by atoms with Gasteiger partial charge in [0, 0.05) is 28.3 Å². The minimum atomic E-state index is -0.466. The van der Waals surface area contributed by atoms with Crippen molar-refractivity contribution in [3.8, 4) is 22.6 Å². The van der Waals surface area contributed by atoms with Gasteiger partial charge in [0.15, 0.2) is 5.76 Å². The molecule has 0 fully saturated rings. The third-order valence-electron chi connectivity index (χ3n) is 4.43. The molecule has 0 saturated carbocycles. The van der Waals surface area contributed by atoms with E-state index in [1.54, 1.807) is 54.6 Å². The Morgan fingerprint density at radius 3 is 2.39 bits per heavy atom. The summed E-state index contributed by atoms with van der Waals surface area (Å²) < 4.78 is 11.3. The van der Waals surface area contributed by atoms with Crippen LogP contribution in [0.3, 0.4) is 0 Å². The maximum atomic E-state index is 12.4. The molecule has 2 heterocycles. The fourth-order valence-electron chi connectivity index (χ4n) is 2.89. The Kier molecular flexibility index (Phi) is 5.75. The first-order chi connectivity index (χ1) is 14.9. The van der Waals surface area contributed by atoms with Crippen LogP contribution in [0.5, 0.6) is 0 Å². The highest BCUT2D eigenvalue weighted by Crippen LogP contribution is 2.32. The highest BCUT2D eigenvalue weighted by molar-refractivity contribution is 6.35. The zero-order chi connectivity index (χ0) is 22.0. The van der Waals surface area contributed by atoms with Crippen molar-refractivity contribution in [3.63, 3.8) is 0 Å². The van der Waals surface area contributed by atoms with E-state index in [4.69, 9.17) is 32.0 Å². The molecule has 0 N–H and O–H groups in total. The van der Waals surface area contributed by atoms with Gasteiger partial charge in [0.25, 0.3) is 5.69 Å². The third-order valence-corrected chi connectivity index (χ3v) is 5.00. The zero-order valence-electron chi connectivity index (χ0n) is 15.7. The van der Waals surface area contributed by atoms with Gasteiger partial charge in [-0.1, -0.05) is 23.2 Å². The number of carbonyl (C=O) groups is 1. The average Bonchev–Trinajstić information content (AvgIpc) is 3.44. The maximum Gasteiger partial charge on any atom is 0.269 e. The average molecular weight is 454 g/mol. The van der Waals surface area contributed by atoms with E-state index in [-0.39, 0.29) is 17.2 Å². The molecule has 0 aliphatic carbocycles. The van der Waals surface area contributed by atoms with Crippen molar-refractivity contribution < 1.29 is 18.6 Å². The van der Waals surface area contributed by atoms with Gasteiger partial charge in [0.2, 0.25) is 5.78 Å². The Bertz CT molecular complexity index is 1300. The number of carbonyl (C=O) groups excluding carboxylic acids is 1. The quantitative estimate of drug-likeness (QED) is 0.132. The van der Waals surface area contributed by atoms with E-state index >= 15 is 0 Å². The molecule has 4 aromatic rings. The number of benzene rings is 2. The highest BCUT2D eigenvalue weighted by Gasteiger charge is 2.13. The van der Waals surface area contributed by atoms with Crippen molar-refractivity contribution in [2.24, 2.45) is 0 Å². The molecule has 0 unspecified atom stereocenters. The van der Waals surface area contributed by atoms with Gasteiger partial charge in [-0.2, -0.15) is 0 Å². The zero-order valence-corrected chi connectivity index (χ0v) is 17.3. The molecule has 8 heteroatoms. The molecule has 0 radical (unpaired) electrons. The lowest BCUT2D eigenvalue weighted by Crippen LogP contribution is -1.90. The topological polar surface area (TPSA) is 86.5 Å². The Balaban J connectivity index is 1.48. The first-order valence-corrected chi connectivity index (χ1v) is 9.78. The molecule has 4 rings (SSSR count). The number of rotatable bonds is 6. The molecule has 0 saturated heterocycles. The predicted octanol–water partition coefficient (Wildman–Crippen LogP) is 7.32. The van der Waals surface area contributed by atoms with E-state index in [9.17, 15) is 14.9 Å². The van der Waals surface area contributed by atoms with E-state index in [1.165, 1.54) is 24.3 Å². The number of nitro groups is 1. The Morgan fingerprint density at radius 2 is 1.65 bits per heavy atom. The van der Waals surface area contributed by atoms with Crippen molar-refractivity contribution in [2.75, 3.05) is 0 Å². The molecule has 2 aromatic heterocycles. The monoisotopic (exact) mass is 453 g/mol. The number of nitro benzene ring substituents is 1. The third kappa shape index (κ3) is 4.60. The van der Waals surface area contributed by atoms with E-state index in [0.717, 1.165) is 0 Å². The second-order valence-corrected chi connectivity index (χ2v) is 7.34. The van der Waals surface area contributed by atoms with Crippen LogP contribution in [0.25, 0.3) is 28.7 Å². The molecule has 0 aliphatic heterocycles. The van der Waals surface area contributed by atoms with Crippen molar-refractivity contribution in [2.45, 2.75) is 0 Å². The lowest BCUT2D eigenvalue weighted by atomic mass is 10.1. The van der Waals surface area contributed by atoms with Gasteiger partial charge in [0.1, 0.15) is 17.3 Å². The number of non-ortho nitro benzene ring substituents is 1. The molecular weight excluding hydrogens is 441 g/mol. The van der Waals surface area contributed by atoms with Crippen molar-refractivity contribution in [1.82, 2.24) is 0 Å². The van der Waals surface area contributed by atoms with Crippen LogP contribution in [0, 0.1) is 10.1 Å². The first-order valence-electron chi connectivity index (χ1n) is 9.03. The SMILES string of the molecule is O=C(/C=C/c1ccc(-c2ccc([N+](=O)[O-])cc2)o1)c1ccc(-c2cc(Cl)ccc2Cl)o1. The fourth-order valence-corrected chi connectivity index (χ4v) is 3.27. The second kappa shape index (κ2) is 8.63. The number of nitrogens with zero attached hydrogens (tertiary/aromatic N) is 1. The molecular formula is C23H13Cl2NO5. The Labute approximate surface area is 186 Å². The molecule has 2 aromatic carbocycles. The van der Waals surface area contributed by atoms with Crippen LogP contribution < -0.4 is 0 Å². The lowest BCUT2D eigenvalue weighted by Gasteiger charge is -2.01. The van der Waals surface area contributed by atoms with Crippen molar-refractivity contribution >= 4 is 40.7 Å². The van der Waals surface area contributed by atoms with Crippen LogP contribution in [0.1, 0.15) is 16.3 Å². The summed E-state index contributed by atoms with van der Waals surface area (Å²) in [6.07, 6.45) is 2.85. The number of halogens is 2. The molecule has 0 spiro atoms. The van der Waals surface area contributed by atoms with Crippen molar-refractivity contribution in [1.29, 1.82) is 0 Å². The lowest BCUT2D eigenvalue weighted by molar-refractivity contribution is -0.384. The summed E-state index contributed by atoms with van der Waals surface area (Å²) in [5, 5.41) is 11.7. The summed E-state index contributed by atoms with van der Waals surface area (Å²) >= 11 is 12.2. The minimum Gasteiger partial charge on any atom is -0.457 e. The van der Waals surface area contributed by atoms with E-state index in [2.05, 4.69) is 0 Å². The standard InChI is InChI=1S/C23H13Cl2NO5/c24-15-3-8-19(25)18(13-15)22-11-12-23(31-22)20(27)9-6-17-7-10-21(30-17)14-1-4-16(5-2-14)26(28)29/h1-13H/b9-6+. The van der Waals surface area contributed by atoms with Gasteiger partial charge in [-0.15, -0.1) is 0 Å². The van der Waals surface area contributed by atoms with E-state index < -0.39 is 4.92 Å². The van der Waals surface area contributed by atoms with E-state index in [1.807, 2.05) is 0 Å². The summed E-state index contributed by atoms with van der Waals surface area (Å²) in [7, 11) is 0. The number of allylic oxidation sites excluding steroid dienone is 1. The second-order valence-electron chi connectivity index (χ2n) is 6.49. The normalized spacial score (nSPS) is 11.2. The summed E-state index contributed by atoms with van der Waals surface area (Å²) in [4.78, 5) is 22.7. The van der Waals surface area contributed by atoms with Crippen LogP contribution in [-0.4, -0.2) is 10.7 Å². The van der Waals surface area contributed by atoms with Gasteiger partial charge in [-0.25, -0.2) is 0 Å². The number of hydrogen-bond acceptors (Lipinski definition) is 5. The molecule has 6 nitrogen and oxygen atoms in total. The van der Waals surface area contributed by atoms with Gasteiger partial charge in [0.05, 0.1) is 9.95 Å². The summed E-state index contributed by atoms with van der Waals surface area (Å²) in [5.41, 5.74) is 1.28. The molecule has 0 bridgehead atoms. The smallest absolute Gasteiger partial charge is 0.269 e. The number of furan rings is 2. The van der Waals surface area contributed by atoms with Crippen LogP contribution in [0.15, 0.2) is 81.6 Å². The summed E-state index contributed by atoms with van der Waals surface area (Å²) in [5.74, 6) is 1.20. The Hall–Kier alpha value is -3.61. The molecule has 31 heavy (non-hydrogen) atoms. The Morgan fingerprint density at radius 1 is 0.903 bits per heavy atom. The van der Waals surface area contributed by atoms with Gasteiger partial charge in [-0.3, -0.25) is 14.9 Å². The first kappa shape index (κ1) is 20.7. The largest absolute Gasteiger partial charge is 0.457 e. The molecule has 154 valence electrons. The van der Waals surface area contributed by atoms with Gasteiger partial charge < -0.3 is 8.83 Å². The maximum absolute atomic E-state index is 12.4. The van der Waals surface area contributed by atoms with Crippen molar-refractivity contribution in [3.05, 3.63) is 104 Å². The predicted molar refractivity (Wildman–Crippen MR) is 118 cm³/mol. The highest BCUT2D eigenvalue weighted by atomic mass is 35.5. The fraction of sp³-hybridized carbons (Fsp3) is 0. The van der Waals surface area contributed by atoms with Crippen LogP contribution in [0.2, 0.25) is 10.0 Å². The minimum absolute atomic E-state index is 0.00194.